The van der Waals surface area contributed by atoms with Crippen LogP contribution in [-0.2, 0) is 26.8 Å². The van der Waals surface area contributed by atoms with Crippen LogP contribution in [0.15, 0.2) is 43.0 Å². The summed E-state index contributed by atoms with van der Waals surface area (Å²) in [5, 5.41) is 4.59. The smallest absolute Gasteiger partial charge is 0.353 e. The number of fused-ring (bicyclic) bond motifs is 1. The van der Waals surface area contributed by atoms with Crippen molar-refractivity contribution >= 4 is 16.9 Å². The van der Waals surface area contributed by atoms with Gasteiger partial charge in [0.25, 0.3) is 0 Å². The SMILES string of the molecule is Cc1ncn(C(C)C)c1-c1nc(N(C)Cc2ccc(-c3nc(C(F)(F)F)cn3C)cc2)c2nn(C)cc2n1. The molecular weight excluding hydrogens is 495 g/mol. The fourth-order valence-electron chi connectivity index (χ4n) is 4.48. The minimum atomic E-state index is -4.49. The molecule has 5 rings (SSSR count). The van der Waals surface area contributed by atoms with Gasteiger partial charge in [-0.05, 0) is 26.3 Å². The van der Waals surface area contributed by atoms with E-state index in [2.05, 4.69) is 33.5 Å². The van der Waals surface area contributed by atoms with Gasteiger partial charge in [-0.1, -0.05) is 24.3 Å². The first-order valence-corrected chi connectivity index (χ1v) is 12.1. The van der Waals surface area contributed by atoms with Crippen LogP contribution >= 0.6 is 0 Å². The van der Waals surface area contributed by atoms with E-state index >= 15 is 0 Å². The van der Waals surface area contributed by atoms with Gasteiger partial charge in [0.1, 0.15) is 17.0 Å². The highest BCUT2D eigenvalue weighted by atomic mass is 19.4. The molecule has 0 N–H and O–H groups in total. The number of halogens is 3. The van der Waals surface area contributed by atoms with Gasteiger partial charge in [0.2, 0.25) is 0 Å². The fraction of sp³-hybridized carbons (Fsp3) is 0.346. The predicted molar refractivity (Wildman–Crippen MR) is 138 cm³/mol. The van der Waals surface area contributed by atoms with Crippen molar-refractivity contribution in [2.75, 3.05) is 11.9 Å². The molecule has 0 amide bonds. The Morgan fingerprint density at radius 2 is 1.71 bits per heavy atom. The molecule has 4 aromatic heterocycles. The topological polar surface area (TPSA) is 82.5 Å². The van der Waals surface area contributed by atoms with E-state index in [1.807, 2.05) is 44.2 Å². The summed E-state index contributed by atoms with van der Waals surface area (Å²) < 4.78 is 44.4. The lowest BCUT2D eigenvalue weighted by Crippen LogP contribution is -2.19. The summed E-state index contributed by atoms with van der Waals surface area (Å²) >= 11 is 0. The summed E-state index contributed by atoms with van der Waals surface area (Å²) in [6, 6.07) is 7.49. The fourth-order valence-corrected chi connectivity index (χ4v) is 4.48. The van der Waals surface area contributed by atoms with Crippen LogP contribution in [0.2, 0.25) is 0 Å². The summed E-state index contributed by atoms with van der Waals surface area (Å²) in [5.74, 6) is 1.50. The lowest BCUT2D eigenvalue weighted by Gasteiger charge is -2.20. The molecule has 0 bridgehead atoms. The van der Waals surface area contributed by atoms with Gasteiger partial charge in [0, 0.05) is 45.5 Å². The van der Waals surface area contributed by atoms with Crippen molar-refractivity contribution in [3.05, 3.63) is 59.9 Å². The second-order valence-corrected chi connectivity index (χ2v) is 9.70. The zero-order valence-electron chi connectivity index (χ0n) is 22.0. The van der Waals surface area contributed by atoms with E-state index in [1.165, 1.54) is 4.57 Å². The first kappa shape index (κ1) is 25.4. The van der Waals surface area contributed by atoms with Crippen molar-refractivity contribution in [3.63, 3.8) is 0 Å². The van der Waals surface area contributed by atoms with Crippen molar-refractivity contribution in [2.45, 2.75) is 39.5 Å². The predicted octanol–water partition coefficient (Wildman–Crippen LogP) is 5.17. The summed E-state index contributed by atoms with van der Waals surface area (Å²) in [4.78, 5) is 20.0. The van der Waals surface area contributed by atoms with E-state index in [9.17, 15) is 13.2 Å². The van der Waals surface area contributed by atoms with Crippen LogP contribution < -0.4 is 4.90 Å². The number of hydrogen-bond acceptors (Lipinski definition) is 6. The molecule has 0 saturated carbocycles. The number of aromatic nitrogens is 8. The Hall–Kier alpha value is -4.22. The van der Waals surface area contributed by atoms with Crippen LogP contribution in [0.5, 0.6) is 0 Å². The Balaban J connectivity index is 1.47. The van der Waals surface area contributed by atoms with Crippen molar-refractivity contribution < 1.29 is 13.2 Å². The number of hydrogen-bond donors (Lipinski definition) is 0. The third kappa shape index (κ3) is 4.61. The highest BCUT2D eigenvalue weighted by Crippen LogP contribution is 2.32. The average molecular weight is 524 g/mol. The first-order chi connectivity index (χ1) is 17.9. The second kappa shape index (κ2) is 9.26. The zero-order valence-corrected chi connectivity index (χ0v) is 22.0. The molecule has 0 fully saturated rings. The van der Waals surface area contributed by atoms with Crippen LogP contribution in [0.25, 0.3) is 33.9 Å². The zero-order chi connectivity index (χ0) is 27.4. The maximum atomic E-state index is 13.1. The molecule has 0 unspecified atom stereocenters. The van der Waals surface area contributed by atoms with Gasteiger partial charge < -0.3 is 14.0 Å². The summed E-state index contributed by atoms with van der Waals surface area (Å²) in [6.07, 6.45) is 0.169. The van der Waals surface area contributed by atoms with E-state index in [-0.39, 0.29) is 11.9 Å². The lowest BCUT2D eigenvalue weighted by atomic mass is 10.1. The highest BCUT2D eigenvalue weighted by Gasteiger charge is 2.34. The first-order valence-electron chi connectivity index (χ1n) is 12.1. The molecule has 12 heteroatoms. The number of imidazole rings is 2. The minimum absolute atomic E-state index is 0.185. The molecular formula is C26H28F3N9. The number of aryl methyl sites for hydroxylation is 3. The standard InChI is InChI=1S/C26H28F3N9/c1-15(2)38-14-30-16(3)22(38)23-31-19-12-37(6)34-21(19)25(33-23)35(4)11-17-7-9-18(10-8-17)24-32-20(13-36(24)5)26(27,28)29/h7-10,12-15H,11H2,1-6H3. The maximum absolute atomic E-state index is 13.1. The van der Waals surface area contributed by atoms with Gasteiger partial charge in [-0.25, -0.2) is 19.9 Å². The quantitative estimate of drug-likeness (QED) is 0.305. The normalized spacial score (nSPS) is 12.2. The van der Waals surface area contributed by atoms with Gasteiger partial charge in [0.15, 0.2) is 22.9 Å². The van der Waals surface area contributed by atoms with E-state index in [0.717, 1.165) is 28.7 Å². The maximum Gasteiger partial charge on any atom is 0.434 e. The van der Waals surface area contributed by atoms with Gasteiger partial charge in [-0.3, -0.25) is 4.68 Å². The molecule has 4 heterocycles. The van der Waals surface area contributed by atoms with E-state index in [0.29, 0.717) is 29.3 Å². The Morgan fingerprint density at radius 3 is 2.34 bits per heavy atom. The van der Waals surface area contributed by atoms with E-state index in [1.54, 1.807) is 30.2 Å². The third-order valence-electron chi connectivity index (χ3n) is 6.36. The molecule has 0 saturated heterocycles. The Bertz CT molecular complexity index is 1610. The van der Waals surface area contributed by atoms with E-state index < -0.39 is 11.9 Å². The molecule has 198 valence electrons. The number of alkyl halides is 3. The number of rotatable bonds is 6. The number of anilines is 1. The van der Waals surface area contributed by atoms with Crippen LogP contribution in [0.1, 0.15) is 36.8 Å². The molecule has 9 nitrogen and oxygen atoms in total. The molecule has 0 spiro atoms. The molecule has 1 aromatic carbocycles. The Morgan fingerprint density at radius 1 is 1.00 bits per heavy atom. The molecule has 0 atom stereocenters. The highest BCUT2D eigenvalue weighted by molar-refractivity contribution is 5.87. The molecule has 38 heavy (non-hydrogen) atoms. The summed E-state index contributed by atoms with van der Waals surface area (Å²) in [6.45, 7) is 6.60. The Labute approximate surface area is 217 Å². The van der Waals surface area contributed by atoms with Crippen molar-refractivity contribution in [1.29, 1.82) is 0 Å². The monoisotopic (exact) mass is 523 g/mol. The van der Waals surface area contributed by atoms with Gasteiger partial charge >= 0.3 is 6.18 Å². The van der Waals surface area contributed by atoms with Crippen LogP contribution in [0.4, 0.5) is 19.0 Å². The van der Waals surface area contributed by atoms with Crippen molar-refractivity contribution in [1.82, 2.24) is 38.9 Å². The van der Waals surface area contributed by atoms with Crippen LogP contribution in [-0.4, -0.2) is 45.9 Å². The number of nitrogens with zero attached hydrogens (tertiary/aromatic N) is 9. The molecule has 0 aliphatic rings. The largest absolute Gasteiger partial charge is 0.434 e. The van der Waals surface area contributed by atoms with Crippen molar-refractivity contribution in [2.24, 2.45) is 14.1 Å². The van der Waals surface area contributed by atoms with Crippen LogP contribution in [0.3, 0.4) is 0 Å². The summed E-state index contributed by atoms with van der Waals surface area (Å²) in [7, 11) is 5.32. The molecule has 0 aliphatic heterocycles. The third-order valence-corrected chi connectivity index (χ3v) is 6.36. The van der Waals surface area contributed by atoms with Crippen LogP contribution in [0, 0.1) is 6.92 Å². The number of benzene rings is 1. The van der Waals surface area contributed by atoms with Gasteiger partial charge in [-0.15, -0.1) is 0 Å². The van der Waals surface area contributed by atoms with Crippen molar-refractivity contribution in [3.8, 4) is 22.9 Å². The lowest BCUT2D eigenvalue weighted by molar-refractivity contribution is -0.140. The molecule has 0 radical (unpaired) electrons. The van der Waals surface area contributed by atoms with Gasteiger partial charge in [-0.2, -0.15) is 18.3 Å². The molecule has 0 aliphatic carbocycles. The minimum Gasteiger partial charge on any atom is -0.353 e. The average Bonchev–Trinajstić information content (AvgIpc) is 3.54. The van der Waals surface area contributed by atoms with Gasteiger partial charge in [0.05, 0.1) is 18.2 Å². The van der Waals surface area contributed by atoms with E-state index in [4.69, 9.17) is 9.97 Å². The second-order valence-electron chi connectivity index (χ2n) is 9.70. The Kier molecular flexibility index (Phi) is 6.20. The molecule has 5 aromatic rings. The summed E-state index contributed by atoms with van der Waals surface area (Å²) in [5.41, 5.74) is 3.74.